The third-order valence-corrected chi connectivity index (χ3v) is 4.71. The van der Waals surface area contributed by atoms with Gasteiger partial charge in [0, 0.05) is 32.3 Å². The zero-order chi connectivity index (χ0) is 18.5. The first-order chi connectivity index (χ1) is 12.6. The van der Waals surface area contributed by atoms with E-state index in [1.165, 1.54) is 0 Å². The van der Waals surface area contributed by atoms with Crippen molar-refractivity contribution in [2.24, 2.45) is 4.99 Å². The minimum absolute atomic E-state index is 0. The van der Waals surface area contributed by atoms with Crippen LogP contribution in [0, 0.1) is 6.92 Å². The normalized spacial score (nSPS) is 17.6. The molecule has 0 saturated heterocycles. The molecule has 2 N–H and O–H groups in total. The number of hydrogen-bond donors (Lipinski definition) is 2. The van der Waals surface area contributed by atoms with Gasteiger partial charge in [0.15, 0.2) is 5.96 Å². The van der Waals surface area contributed by atoms with Crippen LogP contribution in [-0.4, -0.2) is 41.4 Å². The number of fused-ring (bicyclic) bond motifs is 1. The maximum Gasteiger partial charge on any atom is 0.191 e. The molecule has 2 unspecified atom stereocenters. The van der Waals surface area contributed by atoms with Gasteiger partial charge in [-0.3, -0.25) is 4.99 Å². The van der Waals surface area contributed by atoms with Gasteiger partial charge in [0.2, 0.25) is 0 Å². The topological polar surface area (TPSA) is 76.4 Å². The van der Waals surface area contributed by atoms with E-state index in [0.717, 1.165) is 36.6 Å². The molecule has 2 atom stereocenters. The van der Waals surface area contributed by atoms with Gasteiger partial charge in [-0.1, -0.05) is 23.7 Å². The Hall–Kier alpha value is -1.39. The van der Waals surface area contributed by atoms with Crippen LogP contribution in [0.5, 0.6) is 0 Å². The summed E-state index contributed by atoms with van der Waals surface area (Å²) < 4.78 is 7.59. The Morgan fingerprint density at radius 1 is 1.48 bits per heavy atom. The summed E-state index contributed by atoms with van der Waals surface area (Å²) in [5.74, 6) is 2.49. The molecule has 1 aliphatic rings. The van der Waals surface area contributed by atoms with Crippen LogP contribution in [0.2, 0.25) is 5.02 Å². The van der Waals surface area contributed by atoms with Gasteiger partial charge in [-0.05, 0) is 37.5 Å². The molecule has 1 aromatic carbocycles. The number of rotatable bonds is 5. The fourth-order valence-corrected chi connectivity index (χ4v) is 3.40. The Balaban J connectivity index is 0.00000261. The Labute approximate surface area is 182 Å². The molecule has 148 valence electrons. The van der Waals surface area contributed by atoms with E-state index in [0.29, 0.717) is 17.5 Å². The van der Waals surface area contributed by atoms with Crippen molar-refractivity contribution in [1.29, 1.82) is 0 Å². The lowest BCUT2D eigenvalue weighted by molar-refractivity contribution is 0.106. The van der Waals surface area contributed by atoms with Gasteiger partial charge < -0.3 is 15.4 Å². The summed E-state index contributed by atoms with van der Waals surface area (Å²) in [7, 11) is 3.45. The van der Waals surface area contributed by atoms with Crippen molar-refractivity contribution in [3.8, 4) is 0 Å². The van der Waals surface area contributed by atoms with E-state index in [-0.39, 0.29) is 36.1 Å². The molecule has 0 saturated carbocycles. The number of guanidine groups is 1. The van der Waals surface area contributed by atoms with Crippen LogP contribution < -0.4 is 10.6 Å². The van der Waals surface area contributed by atoms with Crippen LogP contribution in [0.15, 0.2) is 29.3 Å². The van der Waals surface area contributed by atoms with Crippen LogP contribution in [0.3, 0.4) is 0 Å². The zero-order valence-electron chi connectivity index (χ0n) is 15.8. The molecule has 2 aromatic rings. The third-order valence-electron chi connectivity index (χ3n) is 4.48. The van der Waals surface area contributed by atoms with Crippen LogP contribution in [0.25, 0.3) is 0 Å². The van der Waals surface area contributed by atoms with E-state index < -0.39 is 0 Å². The summed E-state index contributed by atoms with van der Waals surface area (Å²) >= 11 is 6.09. The average Bonchev–Trinajstić information content (AvgIpc) is 3.02. The molecule has 0 radical (unpaired) electrons. The maximum absolute atomic E-state index is 6.09. The van der Waals surface area contributed by atoms with E-state index in [9.17, 15) is 0 Å². The monoisotopic (exact) mass is 504 g/mol. The van der Waals surface area contributed by atoms with Crippen LogP contribution in [-0.2, 0) is 11.3 Å². The first kappa shape index (κ1) is 21.9. The smallest absolute Gasteiger partial charge is 0.191 e. The largest absolute Gasteiger partial charge is 0.375 e. The van der Waals surface area contributed by atoms with E-state index in [1.807, 2.05) is 35.9 Å². The van der Waals surface area contributed by atoms with E-state index in [1.54, 1.807) is 14.2 Å². The standard InChI is InChI=1S/C18H25ClN6O.HI/c1-12-22-17-15(8-5-9-25(17)24-12)23-18(20-2)21-11-16(26-3)13-6-4-7-14(19)10-13;/h4,6-7,10,15-16H,5,8-9,11H2,1-3H3,(H2,20,21,23);1H. The van der Waals surface area contributed by atoms with Gasteiger partial charge in [-0.25, -0.2) is 9.67 Å². The highest BCUT2D eigenvalue weighted by atomic mass is 127. The number of benzene rings is 1. The fourth-order valence-electron chi connectivity index (χ4n) is 3.20. The molecular formula is C18H26ClIN6O. The number of aliphatic imine (C=N–C) groups is 1. The molecule has 1 aliphatic heterocycles. The second-order valence-electron chi connectivity index (χ2n) is 6.31. The third kappa shape index (κ3) is 5.55. The summed E-state index contributed by atoms with van der Waals surface area (Å²) in [6.07, 6.45) is 1.94. The van der Waals surface area contributed by atoms with Gasteiger partial charge in [-0.15, -0.1) is 24.0 Å². The molecule has 0 amide bonds. The summed E-state index contributed by atoms with van der Waals surface area (Å²) in [6.45, 7) is 3.42. The Kier molecular flexibility index (Phi) is 8.30. The molecule has 7 nitrogen and oxygen atoms in total. The number of halogens is 2. The van der Waals surface area contributed by atoms with Crippen molar-refractivity contribution < 1.29 is 4.74 Å². The van der Waals surface area contributed by atoms with Gasteiger partial charge >= 0.3 is 0 Å². The lowest BCUT2D eigenvalue weighted by Crippen LogP contribution is -2.43. The van der Waals surface area contributed by atoms with Gasteiger partial charge in [-0.2, -0.15) is 5.10 Å². The molecule has 3 rings (SSSR count). The van der Waals surface area contributed by atoms with Crippen molar-refractivity contribution in [2.75, 3.05) is 20.7 Å². The zero-order valence-corrected chi connectivity index (χ0v) is 18.9. The second-order valence-corrected chi connectivity index (χ2v) is 6.75. The number of nitrogens with zero attached hydrogens (tertiary/aromatic N) is 4. The van der Waals surface area contributed by atoms with Crippen LogP contribution >= 0.6 is 35.6 Å². The molecule has 27 heavy (non-hydrogen) atoms. The number of hydrogen-bond acceptors (Lipinski definition) is 4. The van der Waals surface area contributed by atoms with Crippen LogP contribution in [0.1, 0.15) is 42.2 Å². The number of nitrogens with one attached hydrogen (secondary N) is 2. The SMILES string of the molecule is CN=C(NCC(OC)c1cccc(Cl)c1)NC1CCCn2nc(C)nc21.I. The van der Waals surface area contributed by atoms with Crippen molar-refractivity contribution in [3.63, 3.8) is 0 Å². The van der Waals surface area contributed by atoms with E-state index >= 15 is 0 Å². The van der Waals surface area contributed by atoms with Crippen molar-refractivity contribution >= 4 is 41.5 Å². The van der Waals surface area contributed by atoms with Gasteiger partial charge in [0.05, 0.1) is 12.1 Å². The second kappa shape index (κ2) is 10.2. The van der Waals surface area contributed by atoms with Gasteiger partial charge in [0.1, 0.15) is 11.6 Å². The highest BCUT2D eigenvalue weighted by molar-refractivity contribution is 14.0. The highest BCUT2D eigenvalue weighted by Crippen LogP contribution is 2.23. The number of aryl methyl sites for hydroxylation is 2. The molecule has 0 spiro atoms. The first-order valence-electron chi connectivity index (χ1n) is 8.77. The van der Waals surface area contributed by atoms with Crippen molar-refractivity contribution in [2.45, 2.75) is 38.5 Å². The molecule has 0 fully saturated rings. The van der Waals surface area contributed by atoms with Gasteiger partial charge in [0.25, 0.3) is 0 Å². The Bertz CT molecular complexity index is 781. The summed E-state index contributed by atoms with van der Waals surface area (Å²) in [4.78, 5) is 8.89. The lowest BCUT2D eigenvalue weighted by atomic mass is 10.1. The minimum Gasteiger partial charge on any atom is -0.375 e. The maximum atomic E-state index is 6.09. The molecule has 0 bridgehead atoms. The minimum atomic E-state index is -0.121. The van der Waals surface area contributed by atoms with E-state index in [2.05, 4.69) is 25.7 Å². The lowest BCUT2D eigenvalue weighted by Gasteiger charge is -2.26. The first-order valence-corrected chi connectivity index (χ1v) is 9.15. The van der Waals surface area contributed by atoms with Crippen LogP contribution in [0.4, 0.5) is 0 Å². The highest BCUT2D eigenvalue weighted by Gasteiger charge is 2.24. The van der Waals surface area contributed by atoms with Crippen molar-refractivity contribution in [3.05, 3.63) is 46.5 Å². The van der Waals surface area contributed by atoms with Crippen molar-refractivity contribution in [1.82, 2.24) is 25.4 Å². The molecule has 0 aliphatic carbocycles. The number of ether oxygens (including phenoxy) is 1. The fraction of sp³-hybridized carbons (Fsp3) is 0.500. The Morgan fingerprint density at radius 3 is 3.00 bits per heavy atom. The quantitative estimate of drug-likeness (QED) is 0.371. The summed E-state index contributed by atoms with van der Waals surface area (Å²) in [6, 6.07) is 7.80. The van der Waals surface area contributed by atoms with E-state index in [4.69, 9.17) is 16.3 Å². The molecule has 2 heterocycles. The molecule has 1 aromatic heterocycles. The summed E-state index contributed by atoms with van der Waals surface area (Å²) in [5.41, 5.74) is 1.02. The summed E-state index contributed by atoms with van der Waals surface area (Å²) in [5, 5.41) is 11.9. The number of aromatic nitrogens is 3. The average molecular weight is 505 g/mol. The predicted molar refractivity (Wildman–Crippen MR) is 118 cm³/mol. The Morgan fingerprint density at radius 2 is 2.30 bits per heavy atom. The molecule has 9 heteroatoms. The molecular weight excluding hydrogens is 479 g/mol. The number of methoxy groups -OCH3 is 1. The predicted octanol–water partition coefficient (Wildman–Crippen LogP) is 3.25.